The van der Waals surface area contributed by atoms with Crippen LogP contribution in [0.15, 0.2) is 42.5 Å². The molecule has 3 rings (SSSR count). The standard InChI is InChI=1S/C18H17FN2O3/c1-12-6-7-16-15(8-12)21(11-18(23)24-16)10-17(22)20-9-13-4-2-3-5-14(13)19/h2-8H,9-11H2,1H3,(H,20,22). The molecule has 0 fully saturated rings. The summed E-state index contributed by atoms with van der Waals surface area (Å²) < 4.78 is 18.8. The average molecular weight is 328 g/mol. The number of anilines is 1. The molecule has 24 heavy (non-hydrogen) atoms. The van der Waals surface area contributed by atoms with Crippen LogP contribution in [0.1, 0.15) is 11.1 Å². The molecule has 0 radical (unpaired) electrons. The first-order valence-corrected chi connectivity index (χ1v) is 7.59. The van der Waals surface area contributed by atoms with Gasteiger partial charge < -0.3 is 15.0 Å². The van der Waals surface area contributed by atoms with Gasteiger partial charge in [-0.3, -0.25) is 4.79 Å². The van der Waals surface area contributed by atoms with E-state index in [0.29, 0.717) is 17.0 Å². The van der Waals surface area contributed by atoms with Crippen molar-refractivity contribution in [2.24, 2.45) is 0 Å². The zero-order valence-corrected chi connectivity index (χ0v) is 13.2. The predicted molar refractivity (Wildman–Crippen MR) is 87.3 cm³/mol. The molecule has 1 aliphatic heterocycles. The third kappa shape index (κ3) is 3.53. The second-order valence-electron chi connectivity index (χ2n) is 5.67. The molecule has 0 saturated heterocycles. The lowest BCUT2D eigenvalue weighted by atomic mass is 10.1. The third-order valence-corrected chi connectivity index (χ3v) is 3.77. The van der Waals surface area contributed by atoms with Crippen molar-refractivity contribution in [1.82, 2.24) is 5.32 Å². The van der Waals surface area contributed by atoms with Gasteiger partial charge in [0.15, 0.2) is 5.75 Å². The number of esters is 1. The Hall–Kier alpha value is -2.89. The Balaban J connectivity index is 1.67. The van der Waals surface area contributed by atoms with Crippen LogP contribution in [0.3, 0.4) is 0 Å². The van der Waals surface area contributed by atoms with Crippen LogP contribution in [-0.2, 0) is 16.1 Å². The Kier molecular flexibility index (Phi) is 4.46. The summed E-state index contributed by atoms with van der Waals surface area (Å²) in [5, 5.41) is 2.67. The third-order valence-electron chi connectivity index (χ3n) is 3.77. The molecule has 0 aliphatic carbocycles. The molecule has 5 nitrogen and oxygen atoms in total. The van der Waals surface area contributed by atoms with Crippen LogP contribution in [0.4, 0.5) is 10.1 Å². The number of rotatable bonds is 4. The first-order valence-electron chi connectivity index (χ1n) is 7.59. The van der Waals surface area contributed by atoms with Crippen LogP contribution >= 0.6 is 0 Å². The molecule has 1 heterocycles. The van der Waals surface area contributed by atoms with Gasteiger partial charge in [-0.1, -0.05) is 24.3 Å². The summed E-state index contributed by atoms with van der Waals surface area (Å²) in [5.74, 6) is -0.618. The van der Waals surface area contributed by atoms with Crippen LogP contribution in [-0.4, -0.2) is 25.0 Å². The van der Waals surface area contributed by atoms with Crippen molar-refractivity contribution in [3.63, 3.8) is 0 Å². The smallest absolute Gasteiger partial charge is 0.331 e. The lowest BCUT2D eigenvalue weighted by molar-refractivity contribution is -0.133. The van der Waals surface area contributed by atoms with Crippen molar-refractivity contribution in [1.29, 1.82) is 0 Å². The highest BCUT2D eigenvalue weighted by Gasteiger charge is 2.25. The van der Waals surface area contributed by atoms with E-state index in [1.165, 1.54) is 6.07 Å². The van der Waals surface area contributed by atoms with E-state index in [1.807, 2.05) is 19.1 Å². The number of amides is 1. The zero-order valence-electron chi connectivity index (χ0n) is 13.2. The van der Waals surface area contributed by atoms with Crippen molar-refractivity contribution in [2.75, 3.05) is 18.0 Å². The van der Waals surface area contributed by atoms with Gasteiger partial charge in [0, 0.05) is 12.1 Å². The molecule has 0 spiro atoms. The molecule has 124 valence electrons. The fourth-order valence-electron chi connectivity index (χ4n) is 2.56. The monoisotopic (exact) mass is 328 g/mol. The van der Waals surface area contributed by atoms with Crippen molar-refractivity contribution in [2.45, 2.75) is 13.5 Å². The largest absolute Gasteiger partial charge is 0.423 e. The average Bonchev–Trinajstić information content (AvgIpc) is 2.55. The first kappa shape index (κ1) is 16.0. The molecule has 1 aliphatic rings. The highest BCUT2D eigenvalue weighted by atomic mass is 19.1. The van der Waals surface area contributed by atoms with E-state index in [1.54, 1.807) is 29.2 Å². The fraction of sp³-hybridized carbons (Fsp3) is 0.222. The number of ether oxygens (including phenoxy) is 1. The van der Waals surface area contributed by atoms with Crippen molar-refractivity contribution in [3.05, 3.63) is 59.4 Å². The van der Waals surface area contributed by atoms with E-state index < -0.39 is 5.97 Å². The topological polar surface area (TPSA) is 58.6 Å². The normalized spacial score (nSPS) is 13.2. The zero-order chi connectivity index (χ0) is 17.1. The summed E-state index contributed by atoms with van der Waals surface area (Å²) in [6, 6.07) is 11.7. The van der Waals surface area contributed by atoms with Gasteiger partial charge >= 0.3 is 5.97 Å². The molecule has 1 N–H and O–H groups in total. The lowest BCUT2D eigenvalue weighted by Crippen LogP contribution is -2.43. The number of nitrogens with one attached hydrogen (secondary N) is 1. The van der Waals surface area contributed by atoms with Crippen LogP contribution < -0.4 is 15.0 Å². The Morgan fingerprint density at radius 1 is 1.29 bits per heavy atom. The Morgan fingerprint density at radius 2 is 2.08 bits per heavy atom. The minimum Gasteiger partial charge on any atom is -0.423 e. The number of halogens is 1. The maximum Gasteiger partial charge on any atom is 0.331 e. The van der Waals surface area contributed by atoms with E-state index >= 15 is 0 Å². The second-order valence-corrected chi connectivity index (χ2v) is 5.67. The van der Waals surface area contributed by atoms with E-state index in [2.05, 4.69) is 5.32 Å². The van der Waals surface area contributed by atoms with Gasteiger partial charge in [-0.2, -0.15) is 0 Å². The molecule has 2 aromatic carbocycles. The number of carbonyl (C=O) groups is 2. The van der Waals surface area contributed by atoms with E-state index in [4.69, 9.17) is 4.74 Å². The van der Waals surface area contributed by atoms with Gasteiger partial charge in [-0.25, -0.2) is 9.18 Å². The number of benzene rings is 2. The highest BCUT2D eigenvalue weighted by molar-refractivity contribution is 5.89. The quantitative estimate of drug-likeness (QED) is 0.690. The molecule has 1 amide bonds. The summed E-state index contributed by atoms with van der Waals surface area (Å²) in [6.45, 7) is 2.03. The molecule has 0 bridgehead atoms. The maximum atomic E-state index is 13.6. The van der Waals surface area contributed by atoms with E-state index in [9.17, 15) is 14.0 Å². The molecule has 0 atom stereocenters. The molecule has 6 heteroatoms. The van der Waals surface area contributed by atoms with Crippen LogP contribution in [0.25, 0.3) is 0 Å². The van der Waals surface area contributed by atoms with Crippen molar-refractivity contribution < 1.29 is 18.7 Å². The minimum atomic E-state index is -0.409. The second kappa shape index (κ2) is 6.70. The summed E-state index contributed by atoms with van der Waals surface area (Å²) in [5.41, 5.74) is 2.12. The number of hydrogen-bond donors (Lipinski definition) is 1. The number of fused-ring (bicyclic) bond motifs is 1. The van der Waals surface area contributed by atoms with Gasteiger partial charge in [0.05, 0.1) is 12.2 Å². The molecule has 0 saturated carbocycles. The molecular formula is C18H17FN2O3. The summed E-state index contributed by atoms with van der Waals surface area (Å²) in [6.07, 6.45) is 0. The van der Waals surface area contributed by atoms with E-state index in [-0.39, 0.29) is 31.4 Å². The number of hydrogen-bond acceptors (Lipinski definition) is 4. The molecule has 0 unspecified atom stereocenters. The number of nitrogens with zero attached hydrogens (tertiary/aromatic N) is 1. The summed E-state index contributed by atoms with van der Waals surface area (Å²) in [7, 11) is 0. The van der Waals surface area contributed by atoms with E-state index in [0.717, 1.165) is 5.56 Å². The van der Waals surface area contributed by atoms with Gasteiger partial charge in [0.1, 0.15) is 12.4 Å². The Bertz CT molecular complexity index is 792. The van der Waals surface area contributed by atoms with Gasteiger partial charge in [-0.05, 0) is 30.7 Å². The van der Waals surface area contributed by atoms with Gasteiger partial charge in [0.2, 0.25) is 5.91 Å². The van der Waals surface area contributed by atoms with Crippen molar-refractivity contribution in [3.8, 4) is 5.75 Å². The lowest BCUT2D eigenvalue weighted by Gasteiger charge is -2.29. The first-order chi connectivity index (χ1) is 11.5. The summed E-state index contributed by atoms with van der Waals surface area (Å²) >= 11 is 0. The number of carbonyl (C=O) groups excluding carboxylic acids is 2. The fourth-order valence-corrected chi connectivity index (χ4v) is 2.56. The van der Waals surface area contributed by atoms with Gasteiger partial charge in [-0.15, -0.1) is 0 Å². The summed E-state index contributed by atoms with van der Waals surface area (Å²) in [4.78, 5) is 25.5. The predicted octanol–water partition coefficient (Wildman–Crippen LogP) is 2.18. The highest BCUT2D eigenvalue weighted by Crippen LogP contribution is 2.32. The molecular weight excluding hydrogens is 311 g/mol. The maximum absolute atomic E-state index is 13.6. The van der Waals surface area contributed by atoms with Gasteiger partial charge in [0.25, 0.3) is 0 Å². The van der Waals surface area contributed by atoms with Crippen LogP contribution in [0.2, 0.25) is 0 Å². The number of aryl methyl sites for hydroxylation is 1. The minimum absolute atomic E-state index is 0.00000591. The molecule has 2 aromatic rings. The SMILES string of the molecule is Cc1ccc2c(c1)N(CC(=O)NCc1ccccc1F)CC(=O)O2. The molecule has 0 aromatic heterocycles. The van der Waals surface area contributed by atoms with Crippen molar-refractivity contribution >= 4 is 17.6 Å². The van der Waals surface area contributed by atoms with Crippen LogP contribution in [0, 0.1) is 12.7 Å². The van der Waals surface area contributed by atoms with Crippen LogP contribution in [0.5, 0.6) is 5.75 Å². The Morgan fingerprint density at radius 3 is 2.88 bits per heavy atom. The Labute approximate surface area is 139 Å².